The molecule has 128 valence electrons. The van der Waals surface area contributed by atoms with Crippen LogP contribution in [0.4, 0.5) is 0 Å². The van der Waals surface area contributed by atoms with Gasteiger partial charge in [0.15, 0.2) is 11.5 Å². The van der Waals surface area contributed by atoms with Crippen LogP contribution >= 0.6 is 11.8 Å². The number of rotatable bonds is 7. The van der Waals surface area contributed by atoms with Crippen molar-refractivity contribution in [3.8, 4) is 11.5 Å². The van der Waals surface area contributed by atoms with E-state index in [9.17, 15) is 4.79 Å². The minimum absolute atomic E-state index is 0.0960. The van der Waals surface area contributed by atoms with Gasteiger partial charge in [-0.3, -0.25) is 4.79 Å². The van der Waals surface area contributed by atoms with Crippen molar-refractivity contribution >= 4 is 17.7 Å². The average Bonchev–Trinajstić information content (AvgIpc) is 2.61. The summed E-state index contributed by atoms with van der Waals surface area (Å²) < 4.78 is 10.6. The van der Waals surface area contributed by atoms with Crippen molar-refractivity contribution in [2.24, 2.45) is 0 Å². The molecule has 24 heavy (non-hydrogen) atoms. The zero-order valence-electron chi connectivity index (χ0n) is 14.5. The smallest absolute Gasteiger partial charge is 0.235 e. The summed E-state index contributed by atoms with van der Waals surface area (Å²) in [6, 6.07) is 15.7. The van der Waals surface area contributed by atoms with Gasteiger partial charge < -0.3 is 14.4 Å². The monoisotopic (exact) mass is 345 g/mol. The molecule has 0 saturated carbocycles. The lowest BCUT2D eigenvalue weighted by atomic mass is 10.2. The van der Waals surface area contributed by atoms with Crippen molar-refractivity contribution in [1.29, 1.82) is 0 Å². The first-order valence-corrected chi connectivity index (χ1v) is 8.60. The van der Waals surface area contributed by atoms with Gasteiger partial charge >= 0.3 is 0 Å². The lowest BCUT2D eigenvalue weighted by Gasteiger charge is -2.22. The van der Waals surface area contributed by atoms with Crippen LogP contribution in [0.5, 0.6) is 11.5 Å². The second-order valence-corrected chi connectivity index (χ2v) is 6.87. The number of benzene rings is 2. The van der Waals surface area contributed by atoms with Gasteiger partial charge in [0.2, 0.25) is 5.91 Å². The largest absolute Gasteiger partial charge is 0.493 e. The first-order chi connectivity index (χ1) is 11.5. The molecule has 0 bridgehead atoms. The molecule has 0 fully saturated rings. The minimum Gasteiger partial charge on any atom is -0.493 e. The van der Waals surface area contributed by atoms with E-state index in [1.807, 2.05) is 62.5 Å². The fourth-order valence-corrected chi connectivity index (χ4v) is 3.40. The van der Waals surface area contributed by atoms with Gasteiger partial charge in [0.05, 0.1) is 19.5 Å². The first-order valence-electron chi connectivity index (χ1n) is 7.72. The fourth-order valence-electron chi connectivity index (χ4n) is 2.39. The highest BCUT2D eigenvalue weighted by molar-refractivity contribution is 8.00. The summed E-state index contributed by atoms with van der Waals surface area (Å²) in [5.74, 6) is 1.45. The third-order valence-electron chi connectivity index (χ3n) is 3.65. The normalized spacial score (nSPS) is 11.7. The number of carbonyl (C=O) groups is 1. The Morgan fingerprint density at radius 3 is 2.38 bits per heavy atom. The summed E-state index contributed by atoms with van der Waals surface area (Å²) in [6.45, 7) is 2.46. The second kappa shape index (κ2) is 8.64. The van der Waals surface area contributed by atoms with Gasteiger partial charge in [-0.15, -0.1) is 11.8 Å². The van der Waals surface area contributed by atoms with E-state index in [1.54, 1.807) is 30.9 Å². The molecule has 2 rings (SSSR count). The summed E-state index contributed by atoms with van der Waals surface area (Å²) in [4.78, 5) is 15.4. The van der Waals surface area contributed by atoms with Crippen LogP contribution in [0.2, 0.25) is 0 Å². The van der Waals surface area contributed by atoms with Crippen molar-refractivity contribution in [1.82, 2.24) is 4.90 Å². The average molecular weight is 345 g/mol. The SMILES string of the molecule is COc1ccc(CN(C)C(=O)[C@H](C)Sc2ccccc2)cc1OC. The Kier molecular flexibility index (Phi) is 6.55. The van der Waals surface area contributed by atoms with Crippen molar-refractivity contribution < 1.29 is 14.3 Å². The molecule has 1 amide bonds. The minimum atomic E-state index is -0.141. The summed E-state index contributed by atoms with van der Waals surface area (Å²) in [6.07, 6.45) is 0. The zero-order chi connectivity index (χ0) is 17.5. The van der Waals surface area contributed by atoms with E-state index in [0.29, 0.717) is 18.0 Å². The number of amides is 1. The predicted molar refractivity (Wildman–Crippen MR) is 97.8 cm³/mol. The molecule has 2 aromatic rings. The van der Waals surface area contributed by atoms with Crippen LogP contribution in [0.1, 0.15) is 12.5 Å². The van der Waals surface area contributed by atoms with E-state index in [1.165, 1.54) is 0 Å². The molecule has 0 spiro atoms. The van der Waals surface area contributed by atoms with Crippen LogP contribution in [0, 0.1) is 0 Å². The van der Waals surface area contributed by atoms with Gasteiger partial charge in [-0.05, 0) is 36.8 Å². The molecular formula is C19H23NO3S. The van der Waals surface area contributed by atoms with E-state index < -0.39 is 0 Å². The highest BCUT2D eigenvalue weighted by Crippen LogP contribution is 2.28. The van der Waals surface area contributed by atoms with Gasteiger partial charge in [0, 0.05) is 18.5 Å². The fraction of sp³-hybridized carbons (Fsp3) is 0.316. The molecule has 0 N–H and O–H groups in total. The summed E-state index contributed by atoms with van der Waals surface area (Å²) in [7, 11) is 5.03. The van der Waals surface area contributed by atoms with Gasteiger partial charge in [0.25, 0.3) is 0 Å². The standard InChI is InChI=1S/C19H23NO3S/c1-14(24-16-8-6-5-7-9-16)19(21)20(2)13-15-10-11-17(22-3)18(12-15)23-4/h5-12,14H,13H2,1-4H3/t14-/m0/s1. The van der Waals surface area contributed by atoms with Gasteiger partial charge in [-0.25, -0.2) is 0 Å². The number of carbonyl (C=O) groups excluding carboxylic acids is 1. The third-order valence-corrected chi connectivity index (χ3v) is 4.75. The summed E-state index contributed by atoms with van der Waals surface area (Å²) in [5, 5.41) is -0.141. The second-order valence-electron chi connectivity index (χ2n) is 5.46. The number of nitrogens with zero attached hydrogens (tertiary/aromatic N) is 1. The maximum Gasteiger partial charge on any atom is 0.235 e. The Morgan fingerprint density at radius 1 is 1.08 bits per heavy atom. The molecular weight excluding hydrogens is 322 g/mol. The Labute approximate surface area is 147 Å². The Bertz CT molecular complexity index is 676. The van der Waals surface area contributed by atoms with E-state index >= 15 is 0 Å². The van der Waals surface area contributed by atoms with Crippen LogP contribution in [-0.2, 0) is 11.3 Å². The molecule has 0 aliphatic carbocycles. The zero-order valence-corrected chi connectivity index (χ0v) is 15.3. The molecule has 0 aliphatic rings. The first kappa shape index (κ1) is 18.2. The maximum absolute atomic E-state index is 12.6. The molecule has 0 heterocycles. The number of hydrogen-bond donors (Lipinski definition) is 0. The van der Waals surface area contributed by atoms with Crippen molar-refractivity contribution in [2.45, 2.75) is 23.6 Å². The van der Waals surface area contributed by atoms with E-state index in [0.717, 1.165) is 10.5 Å². The third kappa shape index (κ3) is 4.68. The molecule has 0 aliphatic heterocycles. The highest BCUT2D eigenvalue weighted by atomic mass is 32.2. The molecule has 4 nitrogen and oxygen atoms in total. The quantitative estimate of drug-likeness (QED) is 0.715. The Morgan fingerprint density at radius 2 is 1.75 bits per heavy atom. The molecule has 0 unspecified atom stereocenters. The molecule has 1 atom stereocenters. The topological polar surface area (TPSA) is 38.8 Å². The molecule has 5 heteroatoms. The highest BCUT2D eigenvalue weighted by Gasteiger charge is 2.19. The molecule has 0 aromatic heterocycles. The van der Waals surface area contributed by atoms with E-state index in [-0.39, 0.29) is 11.2 Å². The predicted octanol–water partition coefficient (Wildman–Crippen LogP) is 3.84. The lowest BCUT2D eigenvalue weighted by molar-refractivity contribution is -0.129. The Balaban J connectivity index is 2.00. The van der Waals surface area contributed by atoms with Crippen molar-refractivity contribution in [3.05, 3.63) is 54.1 Å². The van der Waals surface area contributed by atoms with Gasteiger partial charge in [0.1, 0.15) is 0 Å². The van der Waals surface area contributed by atoms with Crippen molar-refractivity contribution in [3.63, 3.8) is 0 Å². The van der Waals surface area contributed by atoms with Crippen LogP contribution in [0.3, 0.4) is 0 Å². The maximum atomic E-state index is 12.6. The van der Waals surface area contributed by atoms with Crippen LogP contribution in [-0.4, -0.2) is 37.3 Å². The van der Waals surface area contributed by atoms with Crippen LogP contribution in [0.25, 0.3) is 0 Å². The number of thioether (sulfide) groups is 1. The lowest BCUT2D eigenvalue weighted by Crippen LogP contribution is -2.32. The molecule has 0 radical (unpaired) electrons. The Hall–Kier alpha value is -2.14. The molecule has 2 aromatic carbocycles. The van der Waals surface area contributed by atoms with E-state index in [4.69, 9.17) is 9.47 Å². The van der Waals surface area contributed by atoms with Crippen molar-refractivity contribution in [2.75, 3.05) is 21.3 Å². The number of ether oxygens (including phenoxy) is 2. The summed E-state index contributed by atoms with van der Waals surface area (Å²) >= 11 is 1.57. The number of methoxy groups -OCH3 is 2. The summed E-state index contributed by atoms with van der Waals surface area (Å²) in [5.41, 5.74) is 1.00. The van der Waals surface area contributed by atoms with Gasteiger partial charge in [-0.1, -0.05) is 24.3 Å². The number of hydrogen-bond acceptors (Lipinski definition) is 4. The molecule has 0 saturated heterocycles. The van der Waals surface area contributed by atoms with Crippen LogP contribution in [0.15, 0.2) is 53.4 Å². The van der Waals surface area contributed by atoms with Crippen LogP contribution < -0.4 is 9.47 Å². The van der Waals surface area contributed by atoms with E-state index in [2.05, 4.69) is 0 Å². The van der Waals surface area contributed by atoms with Gasteiger partial charge in [-0.2, -0.15) is 0 Å².